The fourth-order valence-electron chi connectivity index (χ4n) is 3.04. The number of rotatable bonds is 7. The molecule has 2 N–H and O–H groups in total. The van der Waals surface area contributed by atoms with Crippen LogP contribution in [0.3, 0.4) is 0 Å². The van der Waals surface area contributed by atoms with Crippen molar-refractivity contribution in [3.8, 4) is 11.5 Å². The summed E-state index contributed by atoms with van der Waals surface area (Å²) in [6.07, 6.45) is 4.93. The molecule has 4 nitrogen and oxygen atoms in total. The molecule has 1 aromatic rings. The number of nitrogens with zero attached hydrogens (tertiary/aromatic N) is 1. The second-order valence-electron chi connectivity index (χ2n) is 5.73. The number of hydrogen-bond donors (Lipinski definition) is 2. The number of ether oxygens (including phenoxy) is 1. The predicted octanol–water partition coefficient (Wildman–Crippen LogP) is 3.77. The maximum Gasteiger partial charge on any atom is 0.160 e. The Morgan fingerprint density at radius 1 is 1.22 bits per heavy atom. The van der Waals surface area contributed by atoms with Crippen LogP contribution < -0.4 is 10.1 Å². The first kappa shape index (κ1) is 22.3. The zero-order valence-electron chi connectivity index (χ0n) is 14.1. The first-order valence-electron chi connectivity index (χ1n) is 8.08. The lowest BCUT2D eigenvalue weighted by Crippen LogP contribution is -2.45. The standard InChI is InChI=1S/C17H28N2O2.2ClH/c1-3-4-5-6-15(19-11-9-18-10-12-19)14-7-8-16(20)17(13-14)21-2;;/h7-8,13,15,18,20H,3-6,9-12H2,1-2H3;2*1H/t15-;;/m0../s1. The summed E-state index contributed by atoms with van der Waals surface area (Å²) < 4.78 is 5.27. The van der Waals surface area contributed by atoms with Crippen LogP contribution in [-0.2, 0) is 0 Å². The van der Waals surface area contributed by atoms with Gasteiger partial charge in [-0.25, -0.2) is 0 Å². The molecule has 0 radical (unpaired) electrons. The minimum atomic E-state index is 0. The normalized spacial score (nSPS) is 16.1. The van der Waals surface area contributed by atoms with E-state index < -0.39 is 0 Å². The molecule has 0 bridgehead atoms. The maximum atomic E-state index is 9.79. The first-order chi connectivity index (χ1) is 10.3. The van der Waals surface area contributed by atoms with E-state index in [0.29, 0.717) is 11.8 Å². The lowest BCUT2D eigenvalue weighted by molar-refractivity contribution is 0.162. The Hall–Kier alpha value is -0.680. The van der Waals surface area contributed by atoms with Crippen LogP contribution >= 0.6 is 24.8 Å². The number of aromatic hydroxyl groups is 1. The molecule has 2 rings (SSSR count). The molecule has 23 heavy (non-hydrogen) atoms. The topological polar surface area (TPSA) is 44.7 Å². The third kappa shape index (κ3) is 6.38. The lowest BCUT2D eigenvalue weighted by atomic mass is 9.97. The molecule has 0 unspecified atom stereocenters. The molecule has 0 amide bonds. The van der Waals surface area contributed by atoms with Crippen molar-refractivity contribution in [1.29, 1.82) is 0 Å². The van der Waals surface area contributed by atoms with Crippen molar-refractivity contribution in [2.45, 2.75) is 38.6 Å². The number of halogens is 2. The van der Waals surface area contributed by atoms with E-state index in [4.69, 9.17) is 4.74 Å². The minimum Gasteiger partial charge on any atom is -0.504 e. The third-order valence-electron chi connectivity index (χ3n) is 4.26. The highest BCUT2D eigenvalue weighted by Crippen LogP contribution is 2.33. The summed E-state index contributed by atoms with van der Waals surface area (Å²) in [5.74, 6) is 0.789. The molecule has 1 aromatic carbocycles. The van der Waals surface area contributed by atoms with Crippen LogP contribution in [-0.4, -0.2) is 43.3 Å². The highest BCUT2D eigenvalue weighted by atomic mass is 35.5. The Labute approximate surface area is 152 Å². The van der Waals surface area contributed by atoms with Crippen LogP contribution in [0.15, 0.2) is 18.2 Å². The molecule has 6 heteroatoms. The second-order valence-corrected chi connectivity index (χ2v) is 5.73. The summed E-state index contributed by atoms with van der Waals surface area (Å²) >= 11 is 0. The van der Waals surface area contributed by atoms with Gasteiger partial charge < -0.3 is 15.2 Å². The first-order valence-corrected chi connectivity index (χ1v) is 8.08. The highest BCUT2D eigenvalue weighted by molar-refractivity contribution is 5.85. The van der Waals surface area contributed by atoms with Gasteiger partial charge in [0, 0.05) is 32.2 Å². The van der Waals surface area contributed by atoms with E-state index in [2.05, 4.69) is 17.1 Å². The van der Waals surface area contributed by atoms with Gasteiger partial charge in [-0.2, -0.15) is 0 Å². The molecule has 1 atom stereocenters. The predicted molar refractivity (Wildman–Crippen MR) is 100 cm³/mol. The van der Waals surface area contributed by atoms with Crippen molar-refractivity contribution in [3.05, 3.63) is 23.8 Å². The molecule has 0 spiro atoms. The molecule has 1 aliphatic rings. The number of phenolic OH excluding ortho intramolecular Hbond substituents is 1. The van der Waals surface area contributed by atoms with E-state index in [9.17, 15) is 5.11 Å². The average molecular weight is 365 g/mol. The fraction of sp³-hybridized carbons (Fsp3) is 0.647. The Morgan fingerprint density at radius 3 is 2.52 bits per heavy atom. The van der Waals surface area contributed by atoms with Gasteiger partial charge in [-0.15, -0.1) is 24.8 Å². The number of benzene rings is 1. The van der Waals surface area contributed by atoms with Crippen LogP contribution in [0.4, 0.5) is 0 Å². The van der Waals surface area contributed by atoms with Crippen molar-refractivity contribution < 1.29 is 9.84 Å². The molecule has 1 fully saturated rings. The molecular formula is C17H30Cl2N2O2. The van der Waals surface area contributed by atoms with E-state index >= 15 is 0 Å². The summed E-state index contributed by atoms with van der Waals surface area (Å²) in [5, 5.41) is 13.2. The van der Waals surface area contributed by atoms with E-state index in [0.717, 1.165) is 26.2 Å². The molecule has 1 aliphatic heterocycles. The number of hydrogen-bond acceptors (Lipinski definition) is 4. The van der Waals surface area contributed by atoms with Crippen molar-refractivity contribution in [2.75, 3.05) is 33.3 Å². The summed E-state index contributed by atoms with van der Waals surface area (Å²) in [5.41, 5.74) is 1.25. The Balaban J connectivity index is 0.00000242. The molecule has 0 aromatic heterocycles. The largest absolute Gasteiger partial charge is 0.504 e. The van der Waals surface area contributed by atoms with Crippen molar-refractivity contribution in [3.63, 3.8) is 0 Å². The van der Waals surface area contributed by atoms with Gasteiger partial charge in [-0.05, 0) is 24.1 Å². The maximum absolute atomic E-state index is 9.79. The Morgan fingerprint density at radius 2 is 1.91 bits per heavy atom. The van der Waals surface area contributed by atoms with Crippen LogP contribution in [0, 0.1) is 0 Å². The SMILES string of the molecule is CCCCC[C@@H](c1ccc(O)c(OC)c1)N1CCNCC1.Cl.Cl. The van der Waals surface area contributed by atoms with Crippen molar-refractivity contribution >= 4 is 24.8 Å². The summed E-state index contributed by atoms with van der Waals surface area (Å²) in [6.45, 7) is 6.52. The van der Waals surface area contributed by atoms with E-state index in [1.165, 1.54) is 31.2 Å². The summed E-state index contributed by atoms with van der Waals surface area (Å²) in [6, 6.07) is 6.21. The van der Waals surface area contributed by atoms with E-state index in [1.54, 1.807) is 13.2 Å². The smallest absolute Gasteiger partial charge is 0.160 e. The van der Waals surface area contributed by atoms with Crippen molar-refractivity contribution in [1.82, 2.24) is 10.2 Å². The zero-order valence-corrected chi connectivity index (χ0v) is 15.7. The molecule has 0 aliphatic carbocycles. The number of piperazine rings is 1. The second kappa shape index (κ2) is 11.8. The van der Waals surface area contributed by atoms with Crippen molar-refractivity contribution in [2.24, 2.45) is 0 Å². The lowest BCUT2D eigenvalue weighted by Gasteiger charge is -2.35. The van der Waals surface area contributed by atoms with Gasteiger partial charge in [-0.3, -0.25) is 4.90 Å². The Kier molecular flexibility index (Phi) is 11.4. The summed E-state index contributed by atoms with van der Waals surface area (Å²) in [7, 11) is 1.61. The van der Waals surface area contributed by atoms with Crippen LogP contribution in [0.2, 0.25) is 0 Å². The molecule has 1 saturated heterocycles. The highest BCUT2D eigenvalue weighted by Gasteiger charge is 2.22. The number of unbranched alkanes of at least 4 members (excludes halogenated alkanes) is 2. The van der Waals surface area contributed by atoms with E-state index in [1.807, 2.05) is 12.1 Å². The van der Waals surface area contributed by atoms with Gasteiger partial charge in [0.05, 0.1) is 7.11 Å². The van der Waals surface area contributed by atoms with E-state index in [-0.39, 0.29) is 30.6 Å². The average Bonchev–Trinajstić information content (AvgIpc) is 2.53. The molecule has 1 heterocycles. The molecule has 134 valence electrons. The van der Waals surface area contributed by atoms with Gasteiger partial charge in [0.15, 0.2) is 11.5 Å². The van der Waals surface area contributed by atoms with Gasteiger partial charge in [0.2, 0.25) is 0 Å². The number of nitrogens with one attached hydrogen (secondary N) is 1. The van der Waals surface area contributed by atoms with Gasteiger partial charge >= 0.3 is 0 Å². The minimum absolute atomic E-state index is 0. The zero-order chi connectivity index (χ0) is 15.1. The molecule has 0 saturated carbocycles. The van der Waals surface area contributed by atoms with Gasteiger partial charge in [0.25, 0.3) is 0 Å². The number of methoxy groups -OCH3 is 1. The summed E-state index contributed by atoms with van der Waals surface area (Å²) in [4.78, 5) is 2.55. The number of phenols is 1. The monoisotopic (exact) mass is 364 g/mol. The Bertz CT molecular complexity index is 441. The van der Waals surface area contributed by atoms with Crippen LogP contribution in [0.5, 0.6) is 11.5 Å². The van der Waals surface area contributed by atoms with Crippen LogP contribution in [0.1, 0.15) is 44.2 Å². The third-order valence-corrected chi connectivity index (χ3v) is 4.26. The van der Waals surface area contributed by atoms with Gasteiger partial charge in [0.1, 0.15) is 0 Å². The molecular weight excluding hydrogens is 335 g/mol. The quantitative estimate of drug-likeness (QED) is 0.722. The van der Waals surface area contributed by atoms with Crippen LogP contribution in [0.25, 0.3) is 0 Å². The fourth-order valence-corrected chi connectivity index (χ4v) is 3.04. The van der Waals surface area contributed by atoms with Gasteiger partial charge in [-0.1, -0.05) is 32.3 Å².